The van der Waals surface area contributed by atoms with Crippen molar-refractivity contribution in [3.05, 3.63) is 12.7 Å². The van der Waals surface area contributed by atoms with Crippen LogP contribution in [0.25, 0.3) is 0 Å². The second-order valence-electron chi connectivity index (χ2n) is 5.43. The molecule has 0 fully saturated rings. The number of rotatable bonds is 11. The number of ether oxygens (including phenoxy) is 2. The normalized spacial score (nSPS) is 14.9. The highest BCUT2D eigenvalue weighted by Crippen LogP contribution is 2.39. The molecule has 0 aromatic carbocycles. The molecule has 0 saturated heterocycles. The summed E-state index contributed by atoms with van der Waals surface area (Å²) in [4.78, 5) is 24.5. The summed E-state index contributed by atoms with van der Waals surface area (Å²) < 4.78 is 105. The Morgan fingerprint density at radius 3 is 1.89 bits per heavy atom. The van der Waals surface area contributed by atoms with E-state index in [1.54, 1.807) is 0 Å². The molecular formula is C14H20F5NO7S. The summed E-state index contributed by atoms with van der Waals surface area (Å²) in [6.07, 6.45) is -5.33. The quantitative estimate of drug-likeness (QED) is 0.172. The molecule has 8 nitrogen and oxygen atoms in total. The van der Waals surface area contributed by atoms with Crippen molar-refractivity contribution < 1.29 is 54.0 Å². The third-order valence-electron chi connectivity index (χ3n) is 3.16. The summed E-state index contributed by atoms with van der Waals surface area (Å²) in [5.74, 6) is -8.45. The molecule has 0 aromatic heterocycles. The van der Waals surface area contributed by atoms with E-state index in [0.717, 1.165) is 0 Å². The first-order valence-electron chi connectivity index (χ1n) is 7.79. The summed E-state index contributed by atoms with van der Waals surface area (Å²) in [5.41, 5.74) is 0. The minimum Gasteiger partial charge on any atom is -0.412 e. The number of nitrogens with zero attached hydrogens (tertiary/aromatic N) is 1. The van der Waals surface area contributed by atoms with Crippen LogP contribution in [0.15, 0.2) is 12.7 Å². The van der Waals surface area contributed by atoms with Gasteiger partial charge < -0.3 is 14.4 Å². The maximum atomic E-state index is 13.7. The fourth-order valence-electron chi connectivity index (χ4n) is 1.90. The molecule has 1 N–H and O–H groups in total. The predicted molar refractivity (Wildman–Crippen MR) is 84.7 cm³/mol. The van der Waals surface area contributed by atoms with Crippen molar-refractivity contribution in [2.75, 3.05) is 19.7 Å². The number of carbonyl (C=O) groups is 2. The molecule has 0 aliphatic rings. The number of hydrogen-bond donors (Lipinski definition) is 1. The van der Waals surface area contributed by atoms with Crippen LogP contribution in [0, 0.1) is 0 Å². The summed E-state index contributed by atoms with van der Waals surface area (Å²) >= 11 is 0. The van der Waals surface area contributed by atoms with Gasteiger partial charge >= 0.3 is 39.2 Å². The number of halogens is 5. The van der Waals surface area contributed by atoms with Crippen LogP contribution in [0.1, 0.15) is 26.7 Å². The molecule has 1 atom stereocenters. The lowest BCUT2D eigenvalue weighted by Gasteiger charge is -2.37. The maximum Gasteiger partial charge on any atom is 0.466 e. The van der Waals surface area contributed by atoms with E-state index in [2.05, 4.69) is 16.1 Å². The van der Waals surface area contributed by atoms with Crippen molar-refractivity contribution in [3.8, 4) is 0 Å². The molecule has 0 bridgehead atoms. The van der Waals surface area contributed by atoms with Crippen LogP contribution < -0.4 is 0 Å². The lowest BCUT2D eigenvalue weighted by Crippen LogP contribution is -2.63. The first-order valence-corrected chi connectivity index (χ1v) is 9.24. The van der Waals surface area contributed by atoms with Gasteiger partial charge in [0.05, 0.1) is 0 Å². The van der Waals surface area contributed by atoms with E-state index in [-0.39, 0.29) is 32.0 Å². The van der Waals surface area contributed by atoms with Gasteiger partial charge in [-0.05, 0) is 12.8 Å². The second-order valence-corrected chi connectivity index (χ2v) is 6.98. The monoisotopic (exact) mass is 441 g/mol. The Labute approximate surface area is 158 Å². The topological polar surface area (TPSA) is 110 Å². The number of esters is 1. The van der Waals surface area contributed by atoms with E-state index in [9.17, 15) is 40.0 Å². The summed E-state index contributed by atoms with van der Waals surface area (Å²) in [6.45, 7) is 2.71. The summed E-state index contributed by atoms with van der Waals surface area (Å²) in [5, 5.41) is -5.22. The standard InChI is InChI=1S/C14H20F5NO7S/c1-4-7-20(8-5-2)11(22)13(14(17,18)19,27-10(21)6-3)26-9-12(15,16)28(23,24)25/h6H,3-5,7-9H2,1-2H3,(H,23,24,25). The fourth-order valence-corrected chi connectivity index (χ4v) is 2.11. The van der Waals surface area contributed by atoms with Gasteiger partial charge in [0.25, 0.3) is 0 Å². The molecule has 14 heteroatoms. The zero-order valence-electron chi connectivity index (χ0n) is 15.0. The minimum atomic E-state index is -6.18. The molecule has 0 aliphatic carbocycles. The first kappa shape index (κ1) is 26.2. The smallest absolute Gasteiger partial charge is 0.412 e. The van der Waals surface area contributed by atoms with E-state index in [1.165, 1.54) is 13.8 Å². The second kappa shape index (κ2) is 9.60. The average Bonchev–Trinajstić information content (AvgIpc) is 2.55. The first-order chi connectivity index (χ1) is 12.6. The van der Waals surface area contributed by atoms with Crippen molar-refractivity contribution in [2.45, 2.75) is 43.9 Å². The van der Waals surface area contributed by atoms with Crippen molar-refractivity contribution in [1.82, 2.24) is 4.90 Å². The fraction of sp³-hybridized carbons (Fsp3) is 0.714. The third-order valence-corrected chi connectivity index (χ3v) is 4.03. The van der Waals surface area contributed by atoms with Crippen molar-refractivity contribution in [1.29, 1.82) is 0 Å². The predicted octanol–water partition coefficient (Wildman–Crippen LogP) is 2.12. The molecule has 0 aromatic rings. The van der Waals surface area contributed by atoms with Crippen LogP contribution in [0.5, 0.6) is 0 Å². The van der Waals surface area contributed by atoms with Gasteiger partial charge in [0.2, 0.25) is 0 Å². The SMILES string of the molecule is C=CC(=O)OC(OCC(F)(F)S(=O)(=O)O)(C(=O)N(CCC)CCC)C(F)(F)F. The Bertz CT molecular complexity index is 674. The Hall–Kier alpha value is -1.80. The van der Waals surface area contributed by atoms with Crippen molar-refractivity contribution in [3.63, 3.8) is 0 Å². The largest absolute Gasteiger partial charge is 0.466 e. The van der Waals surface area contributed by atoms with Crippen LogP contribution in [0.4, 0.5) is 22.0 Å². The van der Waals surface area contributed by atoms with Crippen molar-refractivity contribution >= 4 is 22.0 Å². The molecule has 0 spiro atoms. The van der Waals surface area contributed by atoms with Gasteiger partial charge in [-0.2, -0.15) is 30.4 Å². The van der Waals surface area contributed by atoms with E-state index in [4.69, 9.17) is 4.55 Å². The number of carbonyl (C=O) groups excluding carboxylic acids is 2. The minimum absolute atomic E-state index is 0.163. The van der Waals surface area contributed by atoms with Gasteiger partial charge in [0.1, 0.15) is 6.61 Å². The highest BCUT2D eigenvalue weighted by atomic mass is 32.2. The van der Waals surface area contributed by atoms with E-state index < -0.39 is 45.8 Å². The molecule has 1 unspecified atom stereocenters. The number of alkyl halides is 5. The lowest BCUT2D eigenvalue weighted by atomic mass is 10.2. The van der Waals surface area contributed by atoms with Gasteiger partial charge in [-0.1, -0.05) is 20.4 Å². The molecule has 0 rings (SSSR count). The maximum absolute atomic E-state index is 13.7. The molecule has 0 heterocycles. The molecular weight excluding hydrogens is 421 g/mol. The van der Waals surface area contributed by atoms with Crippen molar-refractivity contribution in [2.24, 2.45) is 0 Å². The molecule has 164 valence electrons. The molecule has 0 aliphatic heterocycles. The molecule has 1 amide bonds. The molecule has 28 heavy (non-hydrogen) atoms. The highest BCUT2D eigenvalue weighted by Gasteiger charge is 2.68. The Kier molecular flexibility index (Phi) is 8.99. The Morgan fingerprint density at radius 1 is 1.11 bits per heavy atom. The van der Waals surface area contributed by atoms with Gasteiger partial charge in [-0.15, -0.1) is 0 Å². The average molecular weight is 441 g/mol. The van der Waals surface area contributed by atoms with Crippen LogP contribution in [0.3, 0.4) is 0 Å². The van der Waals surface area contributed by atoms with E-state index >= 15 is 0 Å². The third kappa shape index (κ3) is 6.10. The summed E-state index contributed by atoms with van der Waals surface area (Å²) in [7, 11) is -6.18. The van der Waals surface area contributed by atoms with E-state index in [0.29, 0.717) is 4.90 Å². The molecule has 0 saturated carbocycles. The number of amides is 1. The zero-order chi connectivity index (χ0) is 22.4. The van der Waals surface area contributed by atoms with Gasteiger partial charge in [-0.3, -0.25) is 9.35 Å². The van der Waals surface area contributed by atoms with Gasteiger partial charge in [-0.25, -0.2) is 4.79 Å². The zero-order valence-corrected chi connectivity index (χ0v) is 15.8. The van der Waals surface area contributed by atoms with Crippen LogP contribution in [-0.4, -0.2) is 66.7 Å². The van der Waals surface area contributed by atoms with Crippen LogP contribution in [0.2, 0.25) is 0 Å². The van der Waals surface area contributed by atoms with E-state index in [1.807, 2.05) is 0 Å². The summed E-state index contributed by atoms with van der Waals surface area (Å²) in [6, 6.07) is 0. The van der Waals surface area contributed by atoms with Crippen LogP contribution >= 0.6 is 0 Å². The number of hydrogen-bond acceptors (Lipinski definition) is 6. The van der Waals surface area contributed by atoms with Gasteiger partial charge in [0, 0.05) is 19.2 Å². The lowest BCUT2D eigenvalue weighted by molar-refractivity contribution is -0.355. The van der Waals surface area contributed by atoms with Gasteiger partial charge in [0.15, 0.2) is 0 Å². The Morgan fingerprint density at radius 2 is 1.57 bits per heavy atom. The molecule has 0 radical (unpaired) electrons. The van der Waals surface area contributed by atoms with Crippen LogP contribution in [-0.2, 0) is 29.2 Å². The highest BCUT2D eigenvalue weighted by molar-refractivity contribution is 7.86. The Balaban J connectivity index is 6.34.